The Morgan fingerprint density at radius 2 is 2.04 bits per heavy atom. The number of aromatic amines is 1. The smallest absolute Gasteiger partial charge is 0.251 e. The first-order chi connectivity index (χ1) is 12.6. The van der Waals surface area contributed by atoms with Crippen LogP contribution in [0.4, 0.5) is 8.78 Å². The fourth-order valence-corrected chi connectivity index (χ4v) is 4.54. The van der Waals surface area contributed by atoms with Gasteiger partial charge in [0.15, 0.2) is 0 Å². The number of aromatic nitrogens is 1. The van der Waals surface area contributed by atoms with Crippen molar-refractivity contribution in [2.24, 2.45) is 0 Å². The number of alkyl halides is 2. The molecule has 1 atom stereocenters. The van der Waals surface area contributed by atoms with Crippen LogP contribution in [0.1, 0.15) is 35.3 Å². The fourth-order valence-electron chi connectivity index (χ4n) is 4.16. The first kappa shape index (κ1) is 17.7. The van der Waals surface area contributed by atoms with Gasteiger partial charge in [0.2, 0.25) is 0 Å². The molecule has 1 aliphatic rings. The van der Waals surface area contributed by atoms with Gasteiger partial charge in [0, 0.05) is 27.6 Å². The Morgan fingerprint density at radius 1 is 1.23 bits per heavy atom. The van der Waals surface area contributed by atoms with Crippen LogP contribution >= 0.6 is 15.9 Å². The number of halogens is 3. The van der Waals surface area contributed by atoms with Gasteiger partial charge in [0.1, 0.15) is 0 Å². The fraction of sp³-hybridized carbons (Fsp3) is 0.333. The van der Waals surface area contributed by atoms with Crippen molar-refractivity contribution in [1.82, 2.24) is 9.88 Å². The molecule has 0 amide bonds. The summed E-state index contributed by atoms with van der Waals surface area (Å²) in [5.41, 5.74) is 5.71. The zero-order valence-electron chi connectivity index (χ0n) is 14.6. The molecule has 4 rings (SSSR count). The van der Waals surface area contributed by atoms with Crippen LogP contribution < -0.4 is 0 Å². The normalized spacial score (nSPS) is 17.8. The molecule has 0 fully saturated rings. The molecule has 2 aromatic carbocycles. The number of nitrogens with one attached hydrogen (secondary N) is 1. The number of aryl methyl sites for hydroxylation is 1. The number of fused-ring (bicyclic) bond motifs is 3. The summed E-state index contributed by atoms with van der Waals surface area (Å²) in [6.07, 6.45) is -0.685. The van der Waals surface area contributed by atoms with E-state index in [2.05, 4.69) is 52.1 Å². The van der Waals surface area contributed by atoms with Crippen molar-refractivity contribution >= 4 is 26.8 Å². The summed E-state index contributed by atoms with van der Waals surface area (Å²) < 4.78 is 27.6. The van der Waals surface area contributed by atoms with Gasteiger partial charge in [0.05, 0.1) is 12.6 Å². The third-order valence-electron chi connectivity index (χ3n) is 5.29. The molecule has 5 heteroatoms. The van der Waals surface area contributed by atoms with Crippen LogP contribution in [-0.4, -0.2) is 29.4 Å². The Kier molecular flexibility index (Phi) is 4.84. The molecule has 2 nitrogen and oxygen atoms in total. The van der Waals surface area contributed by atoms with Crippen molar-refractivity contribution in [2.45, 2.75) is 32.2 Å². The maximum atomic E-state index is 13.3. The summed E-state index contributed by atoms with van der Waals surface area (Å²) in [5.74, 6) is 0. The topological polar surface area (TPSA) is 19.0 Å². The minimum atomic E-state index is -2.35. The molecule has 136 valence electrons. The lowest BCUT2D eigenvalue weighted by molar-refractivity contribution is 0.0695. The van der Waals surface area contributed by atoms with E-state index in [9.17, 15) is 8.78 Å². The summed E-state index contributed by atoms with van der Waals surface area (Å²) in [7, 11) is 0. The van der Waals surface area contributed by atoms with E-state index < -0.39 is 6.43 Å². The zero-order valence-corrected chi connectivity index (χ0v) is 16.2. The zero-order chi connectivity index (χ0) is 18.3. The van der Waals surface area contributed by atoms with Crippen LogP contribution in [0.5, 0.6) is 0 Å². The predicted molar refractivity (Wildman–Crippen MR) is 105 cm³/mol. The lowest BCUT2D eigenvalue weighted by Crippen LogP contribution is -2.39. The largest absolute Gasteiger partial charge is 0.357 e. The average Bonchev–Trinajstić information content (AvgIpc) is 2.99. The van der Waals surface area contributed by atoms with Crippen LogP contribution in [0.3, 0.4) is 0 Å². The molecule has 3 aromatic rings. The van der Waals surface area contributed by atoms with Crippen molar-refractivity contribution < 1.29 is 8.78 Å². The van der Waals surface area contributed by atoms with Crippen LogP contribution in [0.15, 0.2) is 46.9 Å². The van der Waals surface area contributed by atoms with Gasteiger partial charge in [-0.05, 0) is 47.7 Å². The molecule has 0 radical (unpaired) electrons. The van der Waals surface area contributed by atoms with Crippen molar-refractivity contribution in [3.8, 4) is 0 Å². The van der Waals surface area contributed by atoms with Crippen LogP contribution in [0, 0.1) is 0 Å². The number of H-pyrrole nitrogens is 1. The Labute approximate surface area is 160 Å². The van der Waals surface area contributed by atoms with Gasteiger partial charge < -0.3 is 4.98 Å². The van der Waals surface area contributed by atoms with Gasteiger partial charge in [-0.15, -0.1) is 0 Å². The summed E-state index contributed by atoms with van der Waals surface area (Å²) >= 11 is 3.56. The number of para-hydroxylation sites is 1. The molecule has 1 aromatic heterocycles. The maximum absolute atomic E-state index is 13.3. The molecular weight excluding hydrogens is 398 g/mol. The van der Waals surface area contributed by atoms with Crippen LogP contribution in [0.2, 0.25) is 0 Å². The number of benzene rings is 2. The highest BCUT2D eigenvalue weighted by Crippen LogP contribution is 2.40. The van der Waals surface area contributed by atoms with E-state index in [0.29, 0.717) is 6.54 Å². The molecule has 0 aliphatic carbocycles. The minimum absolute atomic E-state index is 0.174. The number of hydrogen-bond donors (Lipinski definition) is 1. The van der Waals surface area contributed by atoms with E-state index in [1.54, 1.807) is 0 Å². The third kappa shape index (κ3) is 3.08. The van der Waals surface area contributed by atoms with Crippen molar-refractivity contribution in [1.29, 1.82) is 0 Å². The highest BCUT2D eigenvalue weighted by atomic mass is 79.9. The molecule has 0 saturated carbocycles. The molecular formula is C21H21BrF2N2. The number of hydrogen-bond acceptors (Lipinski definition) is 1. The second-order valence-corrected chi connectivity index (χ2v) is 7.71. The van der Waals surface area contributed by atoms with Gasteiger partial charge >= 0.3 is 0 Å². The Hall–Kier alpha value is -1.72. The second kappa shape index (κ2) is 7.12. The Bertz CT molecular complexity index is 935. The minimum Gasteiger partial charge on any atom is -0.357 e. The summed E-state index contributed by atoms with van der Waals surface area (Å²) in [6.45, 7) is 2.54. The van der Waals surface area contributed by atoms with E-state index >= 15 is 0 Å². The lowest BCUT2D eigenvalue weighted by Gasteiger charge is -2.37. The average molecular weight is 419 g/mol. The highest BCUT2D eigenvalue weighted by Gasteiger charge is 2.34. The predicted octanol–water partition coefficient (Wildman–Crippen LogP) is 5.71. The summed E-state index contributed by atoms with van der Waals surface area (Å²) in [5, 5.41) is 1.21. The number of nitrogens with zero attached hydrogens (tertiary/aromatic N) is 1. The highest BCUT2D eigenvalue weighted by molar-refractivity contribution is 9.10. The van der Waals surface area contributed by atoms with Crippen molar-refractivity contribution in [3.63, 3.8) is 0 Å². The maximum Gasteiger partial charge on any atom is 0.251 e. The van der Waals surface area contributed by atoms with Gasteiger partial charge in [-0.2, -0.15) is 0 Å². The van der Waals surface area contributed by atoms with E-state index in [1.165, 1.54) is 16.5 Å². The molecule has 0 bridgehead atoms. The Morgan fingerprint density at radius 3 is 2.81 bits per heavy atom. The SMILES string of the molecule is CCc1ccc(Br)cc1C1c2[nH]c3ccccc3c2CCN1CC(F)F. The van der Waals surface area contributed by atoms with E-state index in [1.807, 2.05) is 23.1 Å². The third-order valence-corrected chi connectivity index (χ3v) is 5.78. The van der Waals surface area contributed by atoms with E-state index in [-0.39, 0.29) is 12.6 Å². The summed E-state index contributed by atoms with van der Waals surface area (Å²) in [6, 6.07) is 14.2. The molecule has 1 unspecified atom stereocenters. The molecule has 0 spiro atoms. The van der Waals surface area contributed by atoms with Crippen molar-refractivity contribution in [2.75, 3.05) is 13.1 Å². The first-order valence-electron chi connectivity index (χ1n) is 8.98. The lowest BCUT2D eigenvalue weighted by atomic mass is 9.89. The second-order valence-electron chi connectivity index (χ2n) is 6.80. The van der Waals surface area contributed by atoms with E-state index in [0.717, 1.165) is 34.1 Å². The van der Waals surface area contributed by atoms with E-state index in [4.69, 9.17) is 0 Å². The monoisotopic (exact) mass is 418 g/mol. The van der Waals surface area contributed by atoms with Gasteiger partial charge in [-0.25, -0.2) is 8.78 Å². The first-order valence-corrected chi connectivity index (χ1v) is 9.77. The number of rotatable bonds is 4. The molecule has 0 saturated heterocycles. The standard InChI is InChI=1S/C21H21BrF2N2/c1-2-13-7-8-14(22)11-17(13)21-20-16(9-10-26(21)12-19(23)24)15-5-3-4-6-18(15)25-20/h3-8,11,19,21,25H,2,9-10,12H2,1H3. The molecule has 1 N–H and O–H groups in total. The van der Waals surface area contributed by atoms with Crippen LogP contribution in [-0.2, 0) is 12.8 Å². The summed E-state index contributed by atoms with van der Waals surface area (Å²) in [4.78, 5) is 5.46. The van der Waals surface area contributed by atoms with Gasteiger partial charge in [-0.3, -0.25) is 4.90 Å². The molecule has 26 heavy (non-hydrogen) atoms. The van der Waals surface area contributed by atoms with Gasteiger partial charge in [0.25, 0.3) is 6.43 Å². The quantitative estimate of drug-likeness (QED) is 0.575. The Balaban J connectivity index is 1.92. The van der Waals surface area contributed by atoms with Crippen LogP contribution in [0.25, 0.3) is 10.9 Å². The molecule has 2 heterocycles. The van der Waals surface area contributed by atoms with Gasteiger partial charge in [-0.1, -0.05) is 47.1 Å². The van der Waals surface area contributed by atoms with Crippen molar-refractivity contribution in [3.05, 3.63) is 69.3 Å². The molecule has 1 aliphatic heterocycles.